The van der Waals surface area contributed by atoms with Crippen LogP contribution in [0.1, 0.15) is 11.4 Å². The standard InChI is InChI=1S/C23H16Cl4FN5OS/c24-14-4-8-19(18(27)9-14)30-22(34)29-11-21-31-32-23(35-12-13-1-5-16(28)6-2-13)33(21)20-10-15(25)3-7-17(20)26/h1-10H,11-12H2,(H2,29,30,34). The molecule has 1 heterocycles. The number of halogens is 5. The zero-order valence-corrected chi connectivity index (χ0v) is 21.6. The van der Waals surface area contributed by atoms with E-state index in [1.54, 1.807) is 47.0 Å². The summed E-state index contributed by atoms with van der Waals surface area (Å²) in [6.45, 7) is 0.0317. The van der Waals surface area contributed by atoms with Gasteiger partial charge in [-0.05, 0) is 54.1 Å². The molecule has 0 aliphatic heterocycles. The monoisotopic (exact) mass is 569 g/mol. The number of urea groups is 1. The number of anilines is 1. The van der Waals surface area contributed by atoms with Crippen LogP contribution in [0, 0.1) is 5.82 Å². The Morgan fingerprint density at radius 3 is 2.37 bits per heavy atom. The smallest absolute Gasteiger partial charge is 0.319 e. The van der Waals surface area contributed by atoms with Crippen molar-refractivity contribution in [3.63, 3.8) is 0 Å². The van der Waals surface area contributed by atoms with Gasteiger partial charge in [-0.15, -0.1) is 10.2 Å². The van der Waals surface area contributed by atoms with Crippen LogP contribution in [-0.4, -0.2) is 20.8 Å². The second-order valence-corrected chi connectivity index (χ2v) is 9.81. The Morgan fingerprint density at radius 1 is 0.914 bits per heavy atom. The second kappa shape index (κ2) is 11.5. The van der Waals surface area contributed by atoms with Gasteiger partial charge in [0, 0.05) is 15.8 Å². The van der Waals surface area contributed by atoms with E-state index in [0.29, 0.717) is 48.2 Å². The molecule has 3 aromatic carbocycles. The molecule has 0 saturated carbocycles. The number of thioether (sulfide) groups is 1. The first-order valence-corrected chi connectivity index (χ1v) is 12.6. The molecule has 0 bridgehead atoms. The highest BCUT2D eigenvalue weighted by Gasteiger charge is 2.18. The maximum Gasteiger partial charge on any atom is 0.319 e. The van der Waals surface area contributed by atoms with E-state index in [1.165, 1.54) is 30.0 Å². The number of amides is 2. The summed E-state index contributed by atoms with van der Waals surface area (Å²) >= 11 is 26.1. The lowest BCUT2D eigenvalue weighted by Crippen LogP contribution is -2.29. The summed E-state index contributed by atoms with van der Waals surface area (Å²) < 4.78 is 15.0. The van der Waals surface area contributed by atoms with Crippen LogP contribution in [0.2, 0.25) is 20.1 Å². The lowest BCUT2D eigenvalue weighted by molar-refractivity contribution is 0.251. The molecular weight excluding hydrogens is 555 g/mol. The molecule has 0 aliphatic rings. The van der Waals surface area contributed by atoms with Gasteiger partial charge in [0.15, 0.2) is 11.0 Å². The highest BCUT2D eigenvalue weighted by molar-refractivity contribution is 7.98. The number of aromatic nitrogens is 3. The van der Waals surface area contributed by atoms with Crippen molar-refractivity contribution in [2.45, 2.75) is 17.5 Å². The van der Waals surface area contributed by atoms with E-state index >= 15 is 0 Å². The maximum absolute atomic E-state index is 13.2. The van der Waals surface area contributed by atoms with Crippen LogP contribution < -0.4 is 10.6 Å². The maximum atomic E-state index is 13.2. The van der Waals surface area contributed by atoms with E-state index in [1.807, 2.05) is 0 Å². The molecular formula is C23H16Cl4FN5OS. The van der Waals surface area contributed by atoms with E-state index in [9.17, 15) is 9.18 Å². The summed E-state index contributed by atoms with van der Waals surface area (Å²) in [6.07, 6.45) is 0. The molecule has 1 aromatic heterocycles. The molecule has 0 fully saturated rings. The lowest BCUT2D eigenvalue weighted by atomic mass is 10.2. The first-order chi connectivity index (χ1) is 16.8. The fourth-order valence-corrected chi connectivity index (χ4v) is 4.80. The highest BCUT2D eigenvalue weighted by atomic mass is 35.5. The SMILES string of the molecule is O=C(NCc1nnc(SCc2ccc(F)cc2)n1-c1cc(Cl)ccc1Cl)Nc1ccc(Cl)cc1Cl. The van der Waals surface area contributed by atoms with Gasteiger partial charge < -0.3 is 10.6 Å². The average molecular weight is 571 g/mol. The number of carbonyl (C=O) groups excluding carboxylic acids is 1. The van der Waals surface area contributed by atoms with Crippen molar-refractivity contribution in [1.82, 2.24) is 20.1 Å². The van der Waals surface area contributed by atoms with Crippen molar-refractivity contribution in [3.8, 4) is 5.69 Å². The summed E-state index contributed by atoms with van der Waals surface area (Å²) in [5, 5.41) is 16.1. The van der Waals surface area contributed by atoms with Crippen LogP contribution in [0.15, 0.2) is 65.8 Å². The van der Waals surface area contributed by atoms with Crippen molar-refractivity contribution >= 4 is 69.9 Å². The third-order valence-electron chi connectivity index (χ3n) is 4.72. The number of nitrogens with one attached hydrogen (secondary N) is 2. The third-order valence-corrected chi connectivity index (χ3v) is 6.82. The van der Waals surface area contributed by atoms with Crippen LogP contribution in [0.3, 0.4) is 0 Å². The predicted molar refractivity (Wildman–Crippen MR) is 140 cm³/mol. The fourth-order valence-electron chi connectivity index (χ4n) is 3.05. The number of hydrogen-bond acceptors (Lipinski definition) is 4. The summed E-state index contributed by atoms with van der Waals surface area (Å²) in [7, 11) is 0. The number of carbonyl (C=O) groups is 1. The zero-order chi connectivity index (χ0) is 24.9. The van der Waals surface area contributed by atoms with Crippen molar-refractivity contribution in [2.75, 3.05) is 5.32 Å². The van der Waals surface area contributed by atoms with Gasteiger partial charge >= 0.3 is 6.03 Å². The summed E-state index contributed by atoms with van der Waals surface area (Å²) in [6, 6.07) is 15.5. The average Bonchev–Trinajstić information content (AvgIpc) is 3.23. The molecule has 0 spiro atoms. The summed E-state index contributed by atoms with van der Waals surface area (Å²) in [4.78, 5) is 12.5. The summed E-state index contributed by atoms with van der Waals surface area (Å²) in [5.41, 5.74) is 1.87. The first kappa shape index (κ1) is 25.6. The van der Waals surface area contributed by atoms with E-state index in [4.69, 9.17) is 46.4 Å². The number of rotatable bonds is 7. The van der Waals surface area contributed by atoms with E-state index < -0.39 is 6.03 Å². The molecule has 35 heavy (non-hydrogen) atoms. The molecule has 0 unspecified atom stereocenters. The van der Waals surface area contributed by atoms with Gasteiger partial charge in [-0.25, -0.2) is 9.18 Å². The Hall–Kier alpha value is -2.49. The van der Waals surface area contributed by atoms with Crippen molar-refractivity contribution in [1.29, 1.82) is 0 Å². The number of hydrogen-bond donors (Lipinski definition) is 2. The fraction of sp³-hybridized carbons (Fsp3) is 0.0870. The van der Waals surface area contributed by atoms with Gasteiger partial charge in [0.25, 0.3) is 0 Å². The van der Waals surface area contributed by atoms with Gasteiger partial charge in [-0.1, -0.05) is 70.3 Å². The molecule has 0 aliphatic carbocycles. The normalized spacial score (nSPS) is 10.9. The quantitative estimate of drug-likeness (QED) is 0.224. The Kier molecular flexibility index (Phi) is 8.41. The Bertz CT molecular complexity index is 1370. The van der Waals surface area contributed by atoms with Gasteiger partial charge in [0.1, 0.15) is 5.82 Å². The van der Waals surface area contributed by atoms with Gasteiger partial charge in [-0.2, -0.15) is 0 Å². The van der Waals surface area contributed by atoms with Crippen molar-refractivity contribution in [2.24, 2.45) is 0 Å². The molecule has 4 aromatic rings. The molecule has 6 nitrogen and oxygen atoms in total. The molecule has 0 radical (unpaired) electrons. The van der Waals surface area contributed by atoms with Gasteiger partial charge in [0.2, 0.25) is 0 Å². The minimum absolute atomic E-state index is 0.0317. The molecule has 180 valence electrons. The second-order valence-electron chi connectivity index (χ2n) is 7.18. The van der Waals surface area contributed by atoms with Gasteiger partial charge in [-0.3, -0.25) is 4.57 Å². The van der Waals surface area contributed by atoms with Crippen molar-refractivity contribution < 1.29 is 9.18 Å². The Balaban J connectivity index is 1.55. The van der Waals surface area contributed by atoms with Crippen LogP contribution in [0.4, 0.5) is 14.9 Å². The molecule has 4 rings (SSSR count). The first-order valence-electron chi connectivity index (χ1n) is 10.1. The minimum atomic E-state index is -0.499. The topological polar surface area (TPSA) is 71.8 Å². The Labute approximate surface area is 224 Å². The third kappa shape index (κ3) is 6.59. The molecule has 2 N–H and O–H groups in total. The van der Waals surface area contributed by atoms with Crippen molar-refractivity contribution in [3.05, 3.63) is 98.0 Å². The van der Waals surface area contributed by atoms with E-state index in [0.717, 1.165) is 5.56 Å². The van der Waals surface area contributed by atoms with Gasteiger partial charge in [0.05, 0.1) is 28.0 Å². The molecule has 0 saturated heterocycles. The Morgan fingerprint density at radius 2 is 1.63 bits per heavy atom. The van der Waals surface area contributed by atoms with E-state index in [-0.39, 0.29) is 12.4 Å². The van der Waals surface area contributed by atoms with Crippen LogP contribution in [0.25, 0.3) is 5.69 Å². The van der Waals surface area contributed by atoms with E-state index in [2.05, 4.69) is 20.8 Å². The predicted octanol–water partition coefficient (Wildman–Crippen LogP) is 7.63. The molecule has 0 atom stereocenters. The lowest BCUT2D eigenvalue weighted by Gasteiger charge is -2.13. The molecule has 2 amide bonds. The molecule has 12 heteroatoms. The highest BCUT2D eigenvalue weighted by Crippen LogP contribution is 2.31. The van der Waals surface area contributed by atoms with Crippen LogP contribution in [0.5, 0.6) is 0 Å². The number of benzene rings is 3. The van der Waals surface area contributed by atoms with Crippen LogP contribution >= 0.6 is 58.2 Å². The largest absolute Gasteiger partial charge is 0.331 e. The zero-order valence-electron chi connectivity index (χ0n) is 17.7. The summed E-state index contributed by atoms with van der Waals surface area (Å²) in [5.74, 6) is 0.631. The van der Waals surface area contributed by atoms with Crippen LogP contribution in [-0.2, 0) is 12.3 Å². The minimum Gasteiger partial charge on any atom is -0.331 e. The number of nitrogens with zero attached hydrogens (tertiary/aromatic N) is 3.